The summed E-state index contributed by atoms with van der Waals surface area (Å²) in [5.74, 6) is -1.06. The first-order valence-electron chi connectivity index (χ1n) is 14.8. The molecule has 2 aliphatic rings. The molecule has 1 fully saturated rings. The van der Waals surface area contributed by atoms with E-state index in [0.717, 1.165) is 45.7 Å². The monoisotopic (exact) mass is 646 g/mol. The minimum Gasteiger partial charge on any atom is -0.481 e. The van der Waals surface area contributed by atoms with Crippen molar-refractivity contribution in [2.45, 2.75) is 37.8 Å². The lowest BCUT2D eigenvalue weighted by Crippen LogP contribution is -2.40. The number of pyridine rings is 1. The second-order valence-electron chi connectivity index (χ2n) is 11.5. The largest absolute Gasteiger partial charge is 0.481 e. The lowest BCUT2D eigenvalue weighted by atomic mass is 9.98. The van der Waals surface area contributed by atoms with Gasteiger partial charge in [0, 0.05) is 67.6 Å². The number of methoxy groups -OCH3 is 1. The predicted octanol–water partition coefficient (Wildman–Crippen LogP) is 3.72. The summed E-state index contributed by atoms with van der Waals surface area (Å²) in [6.07, 6.45) is 4.11. The fourth-order valence-corrected chi connectivity index (χ4v) is 6.47. The summed E-state index contributed by atoms with van der Waals surface area (Å²) >= 11 is 6.93. The van der Waals surface area contributed by atoms with Crippen molar-refractivity contribution in [3.05, 3.63) is 97.0 Å². The van der Waals surface area contributed by atoms with E-state index in [9.17, 15) is 19.2 Å². The summed E-state index contributed by atoms with van der Waals surface area (Å²) in [7, 11) is 4.24. The average molecular weight is 647 g/mol. The maximum absolute atomic E-state index is 15.9. The van der Waals surface area contributed by atoms with Crippen LogP contribution < -0.4 is 31.9 Å². The molecule has 2 aromatic heterocycles. The number of carbonyl (C=O) groups excluding carboxylic acids is 2. The summed E-state index contributed by atoms with van der Waals surface area (Å²) in [6, 6.07) is 11.8. The first-order chi connectivity index (χ1) is 22.1. The summed E-state index contributed by atoms with van der Waals surface area (Å²) in [5.41, 5.74) is 1.85. The molecule has 1 aliphatic carbocycles. The number of aromatic nitrogens is 3. The van der Waals surface area contributed by atoms with Gasteiger partial charge in [0.1, 0.15) is 5.56 Å². The Morgan fingerprint density at radius 2 is 1.83 bits per heavy atom. The van der Waals surface area contributed by atoms with Gasteiger partial charge in [-0.2, -0.15) is 0 Å². The van der Waals surface area contributed by atoms with Gasteiger partial charge in [-0.1, -0.05) is 41.9 Å². The fraction of sp³-hybridized carbons (Fsp3) is 0.303. The molecule has 13 heteroatoms. The molecule has 0 radical (unpaired) electrons. The number of hydrogen-bond acceptors (Lipinski definition) is 7. The van der Waals surface area contributed by atoms with E-state index in [1.54, 1.807) is 37.4 Å². The van der Waals surface area contributed by atoms with Gasteiger partial charge in [-0.15, -0.1) is 0 Å². The Balaban J connectivity index is 1.29. The van der Waals surface area contributed by atoms with Crippen LogP contribution in [0, 0.1) is 5.82 Å². The zero-order chi connectivity index (χ0) is 32.7. The van der Waals surface area contributed by atoms with Gasteiger partial charge >= 0.3 is 5.69 Å². The van der Waals surface area contributed by atoms with Crippen LogP contribution in [0.4, 0.5) is 10.1 Å². The third kappa shape index (κ3) is 5.69. The molecule has 238 valence electrons. The van der Waals surface area contributed by atoms with Gasteiger partial charge in [0.2, 0.25) is 11.8 Å². The van der Waals surface area contributed by atoms with Crippen LogP contribution in [0.5, 0.6) is 5.88 Å². The van der Waals surface area contributed by atoms with Crippen LogP contribution in [0.2, 0.25) is 5.02 Å². The van der Waals surface area contributed by atoms with E-state index in [1.807, 2.05) is 6.07 Å². The van der Waals surface area contributed by atoms with Crippen LogP contribution in [0.1, 0.15) is 46.8 Å². The molecule has 11 nitrogen and oxygen atoms in total. The molecule has 2 atom stereocenters. The number of halogens is 2. The SMILES string of the molecule is COc1nc(-c2cccc(-c3cccc(NC(=O)c4cn(C)c(=O)n(C)c4=O)c3F)c2Cl)cc2c1[C@@H](NC[C@@H]1CCC(=O)N1)CC2. The molecule has 0 spiro atoms. The molecule has 1 saturated heterocycles. The van der Waals surface area contributed by atoms with E-state index in [-0.39, 0.29) is 39.8 Å². The molecule has 0 unspecified atom stereocenters. The van der Waals surface area contributed by atoms with Crippen molar-refractivity contribution < 1.29 is 18.7 Å². The maximum Gasteiger partial charge on any atom is 0.330 e. The molecule has 46 heavy (non-hydrogen) atoms. The first-order valence-corrected chi connectivity index (χ1v) is 15.2. The first kappa shape index (κ1) is 31.2. The number of nitrogens with zero attached hydrogens (tertiary/aromatic N) is 3. The average Bonchev–Trinajstić information content (AvgIpc) is 3.66. The number of anilines is 1. The molecular weight excluding hydrogens is 615 g/mol. The van der Waals surface area contributed by atoms with Crippen molar-refractivity contribution in [3.63, 3.8) is 0 Å². The summed E-state index contributed by atoms with van der Waals surface area (Å²) in [6.45, 7) is 0.654. The minimum absolute atomic E-state index is 0.0267. The zero-order valence-corrected chi connectivity index (χ0v) is 26.2. The molecule has 2 amide bonds. The van der Waals surface area contributed by atoms with Crippen LogP contribution in [-0.4, -0.2) is 45.6 Å². The lowest BCUT2D eigenvalue weighted by molar-refractivity contribution is -0.119. The molecule has 3 N–H and O–H groups in total. The van der Waals surface area contributed by atoms with Crippen LogP contribution >= 0.6 is 11.6 Å². The molecule has 0 bridgehead atoms. The van der Waals surface area contributed by atoms with Crippen molar-refractivity contribution in [1.82, 2.24) is 24.8 Å². The van der Waals surface area contributed by atoms with Crippen molar-refractivity contribution >= 4 is 29.1 Å². The number of hydrogen-bond donors (Lipinski definition) is 3. The number of benzene rings is 2. The Bertz CT molecular complexity index is 2010. The standard InChI is InChI=1S/C33H32ClFN6O5/c1-40-16-22(32(44)41(2)33(40)45)30(43)38-24-9-5-7-20(29(24)35)19-6-4-8-21(28(19)34)25-14-17-10-12-23(27(17)31(39-25)46-3)36-15-18-11-13-26(42)37-18/h4-9,14,16,18,23,36H,10-13,15H2,1-3H3,(H,37,42)(H,38,43)/t18-,23-/m0/s1. The Labute approximate surface area is 268 Å². The topological polar surface area (TPSA) is 136 Å². The van der Waals surface area contributed by atoms with E-state index in [0.29, 0.717) is 35.7 Å². The van der Waals surface area contributed by atoms with Crippen LogP contribution in [0.3, 0.4) is 0 Å². The van der Waals surface area contributed by atoms with Crippen LogP contribution in [-0.2, 0) is 25.3 Å². The normalized spacial score (nSPS) is 17.1. The fourth-order valence-electron chi connectivity index (χ4n) is 6.15. The highest BCUT2D eigenvalue weighted by molar-refractivity contribution is 6.36. The van der Waals surface area contributed by atoms with Crippen molar-refractivity contribution in [1.29, 1.82) is 0 Å². The van der Waals surface area contributed by atoms with Gasteiger partial charge in [0.15, 0.2) is 5.82 Å². The Kier molecular flexibility index (Phi) is 8.49. The van der Waals surface area contributed by atoms with E-state index >= 15 is 4.39 Å². The highest BCUT2D eigenvalue weighted by Crippen LogP contribution is 2.43. The number of fused-ring (bicyclic) bond motifs is 1. The summed E-state index contributed by atoms with van der Waals surface area (Å²) < 4.78 is 23.6. The molecular formula is C33H32ClFN6O5. The summed E-state index contributed by atoms with van der Waals surface area (Å²) in [4.78, 5) is 53.9. The van der Waals surface area contributed by atoms with E-state index in [1.165, 1.54) is 20.2 Å². The Hall–Kier alpha value is -4.81. The third-order valence-corrected chi connectivity index (χ3v) is 8.96. The maximum atomic E-state index is 15.9. The molecule has 1 aliphatic heterocycles. The number of nitrogens with one attached hydrogen (secondary N) is 3. The van der Waals surface area contributed by atoms with Gasteiger partial charge in [-0.25, -0.2) is 14.2 Å². The number of amides is 2. The smallest absolute Gasteiger partial charge is 0.330 e. The summed E-state index contributed by atoms with van der Waals surface area (Å²) in [5, 5.41) is 9.25. The quantitative estimate of drug-likeness (QED) is 0.265. The molecule has 2 aromatic carbocycles. The second-order valence-corrected chi connectivity index (χ2v) is 11.9. The Morgan fingerprint density at radius 3 is 2.57 bits per heavy atom. The predicted molar refractivity (Wildman–Crippen MR) is 172 cm³/mol. The minimum atomic E-state index is -0.859. The van der Waals surface area contributed by atoms with E-state index in [4.69, 9.17) is 21.3 Å². The van der Waals surface area contributed by atoms with Crippen LogP contribution in [0.25, 0.3) is 22.4 Å². The van der Waals surface area contributed by atoms with Gasteiger partial charge < -0.3 is 25.3 Å². The number of ether oxygens (including phenoxy) is 1. The van der Waals surface area contributed by atoms with Crippen molar-refractivity contribution in [2.24, 2.45) is 14.1 Å². The second kappa shape index (κ2) is 12.5. The van der Waals surface area contributed by atoms with Gasteiger partial charge in [-0.3, -0.25) is 19.0 Å². The Morgan fingerprint density at radius 1 is 1.09 bits per heavy atom. The lowest BCUT2D eigenvalue weighted by Gasteiger charge is -2.20. The van der Waals surface area contributed by atoms with Crippen molar-refractivity contribution in [2.75, 3.05) is 19.0 Å². The van der Waals surface area contributed by atoms with Crippen LogP contribution in [0.15, 0.2) is 58.3 Å². The molecule has 0 saturated carbocycles. The highest BCUT2D eigenvalue weighted by atomic mass is 35.5. The third-order valence-electron chi connectivity index (χ3n) is 8.55. The zero-order valence-electron chi connectivity index (χ0n) is 25.4. The molecule has 4 aromatic rings. The number of carbonyl (C=O) groups is 2. The van der Waals surface area contributed by atoms with E-state index < -0.39 is 23.0 Å². The van der Waals surface area contributed by atoms with Gasteiger partial charge in [0.05, 0.1) is 23.5 Å². The van der Waals surface area contributed by atoms with Gasteiger partial charge in [-0.05, 0) is 37.0 Å². The number of aryl methyl sites for hydroxylation is 2. The number of rotatable bonds is 8. The van der Waals surface area contributed by atoms with Crippen molar-refractivity contribution in [3.8, 4) is 28.3 Å². The highest BCUT2D eigenvalue weighted by Gasteiger charge is 2.30. The van der Waals surface area contributed by atoms with Gasteiger partial charge in [0.25, 0.3) is 11.5 Å². The van der Waals surface area contributed by atoms with E-state index in [2.05, 4.69) is 16.0 Å². The molecule has 6 rings (SSSR count). The molecule has 3 heterocycles.